The highest BCUT2D eigenvalue weighted by molar-refractivity contribution is 7.92. The summed E-state index contributed by atoms with van der Waals surface area (Å²) in [7, 11) is -2.02. The minimum atomic E-state index is -3.70. The molecule has 1 N–H and O–H groups in total. The van der Waals surface area contributed by atoms with Crippen molar-refractivity contribution >= 4 is 21.4 Å². The molecule has 0 spiro atoms. The molecule has 0 unspecified atom stereocenters. The summed E-state index contributed by atoms with van der Waals surface area (Å²) in [5.41, 5.74) is 2.14. The van der Waals surface area contributed by atoms with E-state index in [1.54, 1.807) is 25.2 Å². The quantitative estimate of drug-likeness (QED) is 0.922. The van der Waals surface area contributed by atoms with Crippen LogP contribution in [0.5, 0.6) is 0 Å². The van der Waals surface area contributed by atoms with Crippen LogP contribution in [0.3, 0.4) is 0 Å². The van der Waals surface area contributed by atoms with Gasteiger partial charge in [-0.25, -0.2) is 4.98 Å². The van der Waals surface area contributed by atoms with E-state index in [2.05, 4.69) is 10.3 Å². The summed E-state index contributed by atoms with van der Waals surface area (Å²) in [5, 5.41) is 2.91. The Kier molecular flexibility index (Phi) is 4.47. The first-order valence-corrected chi connectivity index (χ1v) is 8.17. The summed E-state index contributed by atoms with van der Waals surface area (Å²) >= 11 is 0. The maximum absolute atomic E-state index is 12.9. The molecule has 0 aliphatic rings. The minimum absolute atomic E-state index is 0.0378. The van der Waals surface area contributed by atoms with E-state index < -0.39 is 10.0 Å². The molecule has 0 amide bonds. The van der Waals surface area contributed by atoms with Gasteiger partial charge in [0.25, 0.3) is 10.0 Å². The largest absolute Gasteiger partial charge is 0.386 e. The predicted molar refractivity (Wildman–Crippen MR) is 85.2 cm³/mol. The zero-order valence-electron chi connectivity index (χ0n) is 12.4. The second-order valence-corrected chi connectivity index (χ2v) is 6.39. The molecule has 1 heterocycles. The van der Waals surface area contributed by atoms with Gasteiger partial charge in [-0.3, -0.25) is 4.31 Å². The first-order chi connectivity index (χ1) is 10.0. The highest BCUT2D eigenvalue weighted by Crippen LogP contribution is 2.26. The number of rotatable bonds is 5. The predicted octanol–water partition coefficient (Wildman–Crippen LogP) is 2.65. The van der Waals surface area contributed by atoms with Gasteiger partial charge >= 0.3 is 0 Å². The van der Waals surface area contributed by atoms with Crippen LogP contribution in [-0.2, 0) is 10.0 Å². The highest BCUT2D eigenvalue weighted by atomic mass is 32.2. The molecule has 0 radical (unpaired) electrons. The van der Waals surface area contributed by atoms with Gasteiger partial charge in [-0.05, 0) is 43.7 Å². The second-order valence-electron chi connectivity index (χ2n) is 4.61. The topological polar surface area (TPSA) is 62.3 Å². The number of benzene rings is 1. The monoisotopic (exact) mass is 305 g/mol. The Labute approximate surface area is 125 Å². The molecule has 0 atom stereocenters. The van der Waals surface area contributed by atoms with E-state index in [0.717, 1.165) is 5.56 Å². The minimum Gasteiger partial charge on any atom is -0.386 e. The average molecular weight is 305 g/mol. The number of pyridine rings is 1. The van der Waals surface area contributed by atoms with Crippen LogP contribution in [0.4, 0.5) is 11.4 Å². The van der Waals surface area contributed by atoms with E-state index in [9.17, 15) is 8.42 Å². The molecule has 0 saturated heterocycles. The Morgan fingerprint density at radius 3 is 2.62 bits per heavy atom. The fraction of sp³-hybridized carbons (Fsp3) is 0.267. The summed E-state index contributed by atoms with van der Waals surface area (Å²) in [6.07, 6.45) is 1.48. The van der Waals surface area contributed by atoms with Crippen molar-refractivity contribution in [3.63, 3.8) is 0 Å². The molecule has 2 aromatic rings. The number of hydrogen-bond donors (Lipinski definition) is 1. The summed E-state index contributed by atoms with van der Waals surface area (Å²) < 4.78 is 27.1. The number of nitrogens with zero attached hydrogens (tertiary/aromatic N) is 2. The number of aromatic nitrogens is 1. The lowest BCUT2D eigenvalue weighted by atomic mass is 10.2. The Morgan fingerprint density at radius 1 is 1.24 bits per heavy atom. The van der Waals surface area contributed by atoms with E-state index in [0.29, 0.717) is 17.9 Å². The van der Waals surface area contributed by atoms with Crippen LogP contribution < -0.4 is 9.62 Å². The van der Waals surface area contributed by atoms with Gasteiger partial charge in [-0.1, -0.05) is 12.1 Å². The fourth-order valence-corrected chi connectivity index (χ4v) is 3.75. The summed E-state index contributed by atoms with van der Waals surface area (Å²) in [6, 6.07) is 10.8. The van der Waals surface area contributed by atoms with Crippen molar-refractivity contribution in [2.24, 2.45) is 0 Å². The number of sulfonamides is 1. The summed E-state index contributed by atoms with van der Waals surface area (Å²) in [4.78, 5) is 4.05. The maximum atomic E-state index is 12.9. The molecule has 0 saturated carbocycles. The van der Waals surface area contributed by atoms with Gasteiger partial charge in [-0.2, -0.15) is 8.42 Å². The second kappa shape index (κ2) is 6.13. The Balaban J connectivity index is 2.55. The molecule has 112 valence electrons. The summed E-state index contributed by atoms with van der Waals surface area (Å²) in [5.74, 6) is 0. The van der Waals surface area contributed by atoms with E-state index in [-0.39, 0.29) is 5.03 Å². The first-order valence-electron chi connectivity index (χ1n) is 6.73. The van der Waals surface area contributed by atoms with E-state index in [4.69, 9.17) is 0 Å². The molecule has 1 aromatic heterocycles. The molecular formula is C15H19N3O2S. The lowest BCUT2D eigenvalue weighted by Crippen LogP contribution is -2.32. The Bertz CT molecular complexity index is 729. The van der Waals surface area contributed by atoms with Crippen molar-refractivity contribution in [2.75, 3.05) is 23.2 Å². The van der Waals surface area contributed by atoms with Gasteiger partial charge in [0.05, 0.1) is 11.4 Å². The van der Waals surface area contributed by atoms with Gasteiger partial charge in [-0.15, -0.1) is 0 Å². The van der Waals surface area contributed by atoms with Gasteiger partial charge in [0.15, 0.2) is 5.03 Å². The Hall–Kier alpha value is -2.08. The lowest BCUT2D eigenvalue weighted by molar-refractivity contribution is 0.588. The van der Waals surface area contributed by atoms with Crippen LogP contribution in [-0.4, -0.2) is 27.0 Å². The molecule has 1 aromatic carbocycles. The van der Waals surface area contributed by atoms with Crippen LogP contribution in [0.25, 0.3) is 0 Å². The fourth-order valence-electron chi connectivity index (χ4n) is 2.17. The van der Waals surface area contributed by atoms with Crippen molar-refractivity contribution in [1.29, 1.82) is 0 Å². The lowest BCUT2D eigenvalue weighted by Gasteiger charge is -2.23. The van der Waals surface area contributed by atoms with Crippen LogP contribution >= 0.6 is 0 Å². The molecular weight excluding hydrogens is 286 g/mol. The maximum Gasteiger partial charge on any atom is 0.283 e. The van der Waals surface area contributed by atoms with Crippen molar-refractivity contribution in [3.05, 3.63) is 48.2 Å². The molecule has 21 heavy (non-hydrogen) atoms. The normalized spacial score (nSPS) is 11.2. The smallest absolute Gasteiger partial charge is 0.283 e. The molecule has 6 heteroatoms. The van der Waals surface area contributed by atoms with E-state index >= 15 is 0 Å². The van der Waals surface area contributed by atoms with Gasteiger partial charge in [0.2, 0.25) is 0 Å². The van der Waals surface area contributed by atoms with E-state index in [1.807, 2.05) is 32.0 Å². The van der Waals surface area contributed by atoms with Gasteiger partial charge in [0, 0.05) is 19.8 Å². The Morgan fingerprint density at radius 2 is 2.00 bits per heavy atom. The standard InChI is InChI=1S/C15H19N3O2S/c1-4-18(13-8-5-7-12(2)11-13)21(19,20)15-14(16-3)9-6-10-17-15/h5-11,16H,4H2,1-3H3. The molecule has 0 bridgehead atoms. The third-order valence-electron chi connectivity index (χ3n) is 3.15. The third kappa shape index (κ3) is 3.00. The molecule has 0 fully saturated rings. The van der Waals surface area contributed by atoms with Crippen LogP contribution in [0, 0.1) is 6.92 Å². The molecule has 5 nitrogen and oxygen atoms in total. The van der Waals surface area contributed by atoms with Crippen LogP contribution in [0.1, 0.15) is 12.5 Å². The van der Waals surface area contributed by atoms with Crippen molar-refractivity contribution in [1.82, 2.24) is 4.98 Å². The first kappa shape index (κ1) is 15.3. The molecule has 2 rings (SSSR count). The zero-order valence-corrected chi connectivity index (χ0v) is 13.2. The number of aryl methyl sites for hydroxylation is 1. The average Bonchev–Trinajstić information content (AvgIpc) is 2.47. The van der Waals surface area contributed by atoms with Crippen molar-refractivity contribution in [2.45, 2.75) is 18.9 Å². The van der Waals surface area contributed by atoms with Crippen molar-refractivity contribution < 1.29 is 8.42 Å². The number of nitrogens with one attached hydrogen (secondary N) is 1. The molecule has 0 aliphatic carbocycles. The van der Waals surface area contributed by atoms with Crippen LogP contribution in [0.15, 0.2) is 47.6 Å². The van der Waals surface area contributed by atoms with Crippen LogP contribution in [0.2, 0.25) is 0 Å². The molecule has 0 aliphatic heterocycles. The van der Waals surface area contributed by atoms with Gasteiger partial charge < -0.3 is 5.32 Å². The van der Waals surface area contributed by atoms with Gasteiger partial charge in [0.1, 0.15) is 0 Å². The zero-order chi connectivity index (χ0) is 15.5. The highest BCUT2D eigenvalue weighted by Gasteiger charge is 2.27. The third-order valence-corrected chi connectivity index (χ3v) is 5.02. The van der Waals surface area contributed by atoms with E-state index in [1.165, 1.54) is 10.5 Å². The SMILES string of the molecule is CCN(c1cccc(C)c1)S(=O)(=O)c1ncccc1NC. The number of anilines is 2. The summed E-state index contributed by atoms with van der Waals surface area (Å²) in [6.45, 7) is 4.08. The number of hydrogen-bond acceptors (Lipinski definition) is 4. The van der Waals surface area contributed by atoms with Crippen molar-refractivity contribution in [3.8, 4) is 0 Å².